The van der Waals surface area contributed by atoms with Crippen LogP contribution in [0.2, 0.25) is 0 Å². The molecular weight excluding hydrogens is 337 g/mol. The molecule has 4 rings (SSSR count). The second kappa shape index (κ2) is 5.66. The molecule has 2 atom stereocenters. The fraction of sp³-hybridized carbons (Fsp3) is 0.588. The Hall–Kier alpha value is -1.21. The molecule has 0 spiro atoms. The second-order valence-corrected chi connectivity index (χ2v) is 8.28. The Labute approximate surface area is 142 Å². The highest BCUT2D eigenvalue weighted by atomic mass is 32.2. The van der Waals surface area contributed by atoms with E-state index in [1.807, 2.05) is 0 Å². The fourth-order valence-corrected chi connectivity index (χ4v) is 5.15. The van der Waals surface area contributed by atoms with Gasteiger partial charge in [-0.25, -0.2) is 4.98 Å². The molecule has 1 unspecified atom stereocenters. The molecule has 0 bridgehead atoms. The van der Waals surface area contributed by atoms with Crippen molar-refractivity contribution in [2.75, 3.05) is 0 Å². The van der Waals surface area contributed by atoms with Crippen molar-refractivity contribution in [2.45, 2.75) is 54.9 Å². The number of pyridine rings is 1. The summed E-state index contributed by atoms with van der Waals surface area (Å²) < 4.78 is 41.8. The zero-order chi connectivity index (χ0) is 16.9. The topological polar surface area (TPSA) is 37.5 Å². The van der Waals surface area contributed by atoms with Crippen molar-refractivity contribution < 1.29 is 18.3 Å². The lowest BCUT2D eigenvalue weighted by Crippen LogP contribution is -2.21. The number of hydrogen-bond donors (Lipinski definition) is 1. The largest absolute Gasteiger partial charge is 0.418 e. The van der Waals surface area contributed by atoms with Crippen LogP contribution in [0.1, 0.15) is 55.0 Å². The summed E-state index contributed by atoms with van der Waals surface area (Å²) in [6, 6.07) is 2.53. The second-order valence-electron chi connectivity index (χ2n) is 6.87. The number of hydrogen-bond acceptors (Lipinski definition) is 3. The van der Waals surface area contributed by atoms with Gasteiger partial charge in [-0.05, 0) is 24.5 Å². The van der Waals surface area contributed by atoms with Crippen molar-refractivity contribution in [2.24, 2.45) is 5.92 Å². The van der Waals surface area contributed by atoms with E-state index in [9.17, 15) is 18.3 Å². The van der Waals surface area contributed by atoms with Crippen LogP contribution < -0.4 is 0 Å². The summed E-state index contributed by atoms with van der Waals surface area (Å²) >= 11 is 1.24. The average Bonchev–Trinajstić information content (AvgIpc) is 2.95. The smallest absolute Gasteiger partial charge is 0.378 e. The number of halogens is 3. The molecule has 2 aromatic rings. The molecule has 2 aliphatic rings. The third kappa shape index (κ3) is 2.81. The van der Waals surface area contributed by atoms with Gasteiger partial charge in [-0.15, -0.1) is 11.8 Å². The lowest BCUT2D eigenvalue weighted by molar-refractivity contribution is -0.138. The normalized spacial score (nSPS) is 28.4. The number of rotatable bonds is 3. The first-order valence-electron chi connectivity index (χ1n) is 8.31. The predicted molar refractivity (Wildman–Crippen MR) is 86.7 cm³/mol. The van der Waals surface area contributed by atoms with Crippen LogP contribution in [0.4, 0.5) is 13.2 Å². The lowest BCUT2D eigenvalue weighted by Gasteiger charge is -2.24. The van der Waals surface area contributed by atoms with E-state index in [0.717, 1.165) is 31.7 Å². The van der Waals surface area contributed by atoms with Gasteiger partial charge < -0.3 is 9.51 Å². The Morgan fingerprint density at radius 2 is 2.00 bits per heavy atom. The first-order valence-corrected chi connectivity index (χ1v) is 9.19. The molecule has 1 aliphatic carbocycles. The van der Waals surface area contributed by atoms with E-state index in [-0.39, 0.29) is 5.69 Å². The number of imidazole rings is 1. The summed E-state index contributed by atoms with van der Waals surface area (Å²) in [5.41, 5.74) is 0.0661. The summed E-state index contributed by atoms with van der Waals surface area (Å²) in [4.78, 5) is 2.88. The summed E-state index contributed by atoms with van der Waals surface area (Å²) in [6.45, 7) is 0. The standard InChI is InChI=1S/C17H19F3N2OS/c18-17(19,20)13-7-6-12-9-21-10-22(12)14(13)15-16(23,24-15)8-11-4-2-1-3-5-11/h6-7,9-11,15,23H,1-5,8H2/t15?,16-/m0/s1. The van der Waals surface area contributed by atoms with Crippen molar-refractivity contribution in [1.82, 2.24) is 9.38 Å². The highest BCUT2D eigenvalue weighted by molar-refractivity contribution is 8.07. The van der Waals surface area contributed by atoms with Gasteiger partial charge in [0.15, 0.2) is 0 Å². The van der Waals surface area contributed by atoms with Crippen molar-refractivity contribution in [3.8, 4) is 0 Å². The maximum Gasteiger partial charge on any atom is 0.418 e. The minimum atomic E-state index is -4.44. The van der Waals surface area contributed by atoms with Crippen LogP contribution in [0.3, 0.4) is 0 Å². The maximum absolute atomic E-state index is 13.5. The van der Waals surface area contributed by atoms with Crippen LogP contribution in [-0.4, -0.2) is 19.4 Å². The van der Waals surface area contributed by atoms with E-state index < -0.39 is 21.9 Å². The van der Waals surface area contributed by atoms with Gasteiger partial charge in [-0.3, -0.25) is 0 Å². The van der Waals surface area contributed by atoms with E-state index in [4.69, 9.17) is 0 Å². The van der Waals surface area contributed by atoms with Crippen LogP contribution in [0.5, 0.6) is 0 Å². The lowest BCUT2D eigenvalue weighted by atomic mass is 9.84. The molecule has 24 heavy (non-hydrogen) atoms. The van der Waals surface area contributed by atoms with E-state index >= 15 is 0 Å². The molecule has 130 valence electrons. The van der Waals surface area contributed by atoms with Gasteiger partial charge in [0.25, 0.3) is 0 Å². The monoisotopic (exact) mass is 356 g/mol. The Bertz CT molecular complexity index is 754. The van der Waals surface area contributed by atoms with Crippen LogP contribution >= 0.6 is 11.8 Å². The molecule has 0 amide bonds. The number of aliphatic hydroxyl groups is 1. The van der Waals surface area contributed by atoms with Gasteiger partial charge in [0, 0.05) is 0 Å². The zero-order valence-corrected chi connectivity index (χ0v) is 13.9. The SMILES string of the molecule is O[C@@]1(CC2CCCCC2)SC1c1c(C(F)(F)F)ccc2cncn12. The fourth-order valence-electron chi connectivity index (χ4n) is 3.92. The van der Waals surface area contributed by atoms with E-state index in [0.29, 0.717) is 17.9 Å². The van der Waals surface area contributed by atoms with Gasteiger partial charge in [0.1, 0.15) is 4.93 Å². The molecule has 0 aromatic carbocycles. The summed E-state index contributed by atoms with van der Waals surface area (Å²) in [5.74, 6) is 0.414. The number of aromatic nitrogens is 2. The summed E-state index contributed by atoms with van der Waals surface area (Å²) in [5, 5.41) is 10.3. The Morgan fingerprint density at radius 3 is 2.71 bits per heavy atom. The molecule has 2 aromatic heterocycles. The molecule has 1 saturated heterocycles. The molecule has 0 radical (unpaired) electrons. The van der Waals surface area contributed by atoms with Gasteiger partial charge in [0.2, 0.25) is 0 Å². The summed E-state index contributed by atoms with van der Waals surface area (Å²) in [7, 11) is 0. The number of fused-ring (bicyclic) bond motifs is 1. The molecule has 1 N–H and O–H groups in total. The summed E-state index contributed by atoms with van der Waals surface area (Å²) in [6.07, 6.45) is 4.73. The van der Waals surface area contributed by atoms with Crippen LogP contribution in [0.25, 0.3) is 5.52 Å². The zero-order valence-electron chi connectivity index (χ0n) is 13.1. The molecule has 3 heterocycles. The molecule has 1 aliphatic heterocycles. The van der Waals surface area contributed by atoms with Crippen LogP contribution in [0, 0.1) is 5.92 Å². The molecule has 3 nitrogen and oxygen atoms in total. The highest BCUT2D eigenvalue weighted by Crippen LogP contribution is 2.67. The van der Waals surface area contributed by atoms with E-state index in [2.05, 4.69) is 4.98 Å². The van der Waals surface area contributed by atoms with Crippen LogP contribution in [-0.2, 0) is 6.18 Å². The first kappa shape index (κ1) is 16.3. The molecule has 1 saturated carbocycles. The quantitative estimate of drug-likeness (QED) is 0.803. The van der Waals surface area contributed by atoms with Crippen LogP contribution in [0.15, 0.2) is 24.7 Å². The number of nitrogens with zero attached hydrogens (tertiary/aromatic N) is 2. The Morgan fingerprint density at radius 1 is 1.25 bits per heavy atom. The number of thioether (sulfide) groups is 1. The minimum Gasteiger partial charge on any atom is -0.378 e. The van der Waals surface area contributed by atoms with Gasteiger partial charge in [-0.1, -0.05) is 32.1 Å². The predicted octanol–water partition coefficient (Wildman–Crippen LogP) is 4.80. The third-order valence-corrected chi connectivity index (χ3v) is 6.56. The molecule has 2 fully saturated rings. The minimum absolute atomic E-state index is 0.126. The molecule has 7 heteroatoms. The Balaban J connectivity index is 1.68. The van der Waals surface area contributed by atoms with Gasteiger partial charge in [0.05, 0.1) is 34.5 Å². The van der Waals surface area contributed by atoms with Crippen molar-refractivity contribution >= 4 is 17.3 Å². The number of alkyl halides is 3. The highest BCUT2D eigenvalue weighted by Gasteiger charge is 2.59. The van der Waals surface area contributed by atoms with Crippen molar-refractivity contribution in [3.63, 3.8) is 0 Å². The van der Waals surface area contributed by atoms with E-state index in [1.54, 1.807) is 0 Å². The maximum atomic E-state index is 13.5. The molecular formula is C17H19F3N2OS. The van der Waals surface area contributed by atoms with E-state index in [1.165, 1.54) is 41.2 Å². The van der Waals surface area contributed by atoms with Crippen molar-refractivity contribution in [1.29, 1.82) is 0 Å². The van der Waals surface area contributed by atoms with Gasteiger partial charge in [-0.2, -0.15) is 13.2 Å². The Kier molecular flexibility index (Phi) is 3.84. The third-order valence-electron chi connectivity index (χ3n) is 5.16. The first-order chi connectivity index (χ1) is 11.4. The van der Waals surface area contributed by atoms with Gasteiger partial charge >= 0.3 is 6.18 Å². The average molecular weight is 356 g/mol. The van der Waals surface area contributed by atoms with Crippen molar-refractivity contribution in [3.05, 3.63) is 35.9 Å².